The predicted molar refractivity (Wildman–Crippen MR) is 73.1 cm³/mol. The first-order chi connectivity index (χ1) is 8.25. The Morgan fingerprint density at radius 1 is 1.12 bits per heavy atom. The first-order valence-electron chi connectivity index (χ1n) is 6.68. The Morgan fingerprint density at radius 3 is 2.41 bits per heavy atom. The lowest BCUT2D eigenvalue weighted by Gasteiger charge is -2.24. The quantitative estimate of drug-likeness (QED) is 0.857. The summed E-state index contributed by atoms with van der Waals surface area (Å²) in [6.45, 7) is 3.45. The van der Waals surface area contributed by atoms with E-state index in [2.05, 4.69) is 48.6 Å². The van der Waals surface area contributed by atoms with Gasteiger partial charge in [0.25, 0.3) is 0 Å². The third-order valence-corrected chi connectivity index (χ3v) is 3.57. The minimum Gasteiger partial charge on any atom is -0.317 e. The average Bonchev–Trinajstić information content (AvgIpc) is 2.32. The van der Waals surface area contributed by atoms with Gasteiger partial charge in [0.15, 0.2) is 0 Å². The molecule has 0 aliphatic carbocycles. The zero-order valence-electron chi connectivity index (χ0n) is 11.1. The Hall–Kier alpha value is -0.860. The molecule has 1 aliphatic heterocycles. The van der Waals surface area contributed by atoms with E-state index in [0.29, 0.717) is 0 Å². The third kappa shape index (κ3) is 3.83. The molecule has 2 nitrogen and oxygen atoms in total. The van der Waals surface area contributed by atoms with Gasteiger partial charge in [-0.2, -0.15) is 0 Å². The molecule has 1 aromatic carbocycles. The van der Waals surface area contributed by atoms with Crippen molar-refractivity contribution in [1.82, 2.24) is 10.2 Å². The normalized spacial score (nSPS) is 17.6. The van der Waals surface area contributed by atoms with Crippen LogP contribution < -0.4 is 5.32 Å². The molecule has 0 atom stereocenters. The van der Waals surface area contributed by atoms with E-state index in [1.165, 1.54) is 37.9 Å². The SMILES string of the molecule is CN(C)Cc1ccccc1CC1CCNCC1. The lowest BCUT2D eigenvalue weighted by atomic mass is 9.89. The Kier molecular flexibility index (Phi) is 4.57. The molecule has 2 heteroatoms. The average molecular weight is 232 g/mol. The van der Waals surface area contributed by atoms with Gasteiger partial charge >= 0.3 is 0 Å². The predicted octanol–water partition coefficient (Wildman–Crippen LogP) is 2.29. The van der Waals surface area contributed by atoms with Gasteiger partial charge in [-0.3, -0.25) is 0 Å². The lowest BCUT2D eigenvalue weighted by Crippen LogP contribution is -2.29. The molecule has 0 radical (unpaired) electrons. The van der Waals surface area contributed by atoms with Crippen LogP contribution in [0.4, 0.5) is 0 Å². The fourth-order valence-electron chi connectivity index (χ4n) is 2.65. The number of hydrogen-bond donors (Lipinski definition) is 1. The van der Waals surface area contributed by atoms with Gasteiger partial charge in [-0.1, -0.05) is 24.3 Å². The molecule has 0 spiro atoms. The van der Waals surface area contributed by atoms with Crippen LogP contribution in [0, 0.1) is 5.92 Å². The van der Waals surface area contributed by atoms with Crippen LogP contribution in [-0.2, 0) is 13.0 Å². The maximum atomic E-state index is 3.44. The lowest BCUT2D eigenvalue weighted by molar-refractivity contribution is 0.366. The van der Waals surface area contributed by atoms with E-state index in [0.717, 1.165) is 12.5 Å². The first kappa shape index (κ1) is 12.6. The fraction of sp³-hybridized carbons (Fsp3) is 0.600. The number of benzene rings is 1. The van der Waals surface area contributed by atoms with Gasteiger partial charge in [-0.15, -0.1) is 0 Å². The summed E-state index contributed by atoms with van der Waals surface area (Å²) in [5.41, 5.74) is 3.05. The van der Waals surface area contributed by atoms with Gasteiger partial charge in [0, 0.05) is 6.54 Å². The van der Waals surface area contributed by atoms with Crippen LogP contribution in [0.25, 0.3) is 0 Å². The highest BCUT2D eigenvalue weighted by Gasteiger charge is 2.15. The van der Waals surface area contributed by atoms with Gasteiger partial charge < -0.3 is 10.2 Å². The van der Waals surface area contributed by atoms with E-state index in [1.807, 2.05) is 0 Å². The van der Waals surface area contributed by atoms with Crippen molar-refractivity contribution < 1.29 is 0 Å². The van der Waals surface area contributed by atoms with E-state index in [9.17, 15) is 0 Å². The molecule has 0 amide bonds. The summed E-state index contributed by atoms with van der Waals surface area (Å²) >= 11 is 0. The highest BCUT2D eigenvalue weighted by molar-refractivity contribution is 5.27. The van der Waals surface area contributed by atoms with Gasteiger partial charge in [0.1, 0.15) is 0 Å². The van der Waals surface area contributed by atoms with Crippen LogP contribution in [0.5, 0.6) is 0 Å². The molecule has 0 saturated carbocycles. The van der Waals surface area contributed by atoms with Crippen molar-refractivity contribution in [1.29, 1.82) is 0 Å². The number of nitrogens with zero attached hydrogens (tertiary/aromatic N) is 1. The Morgan fingerprint density at radius 2 is 1.76 bits per heavy atom. The summed E-state index contributed by atoms with van der Waals surface area (Å²) in [7, 11) is 4.28. The summed E-state index contributed by atoms with van der Waals surface area (Å²) in [5.74, 6) is 0.875. The molecular formula is C15H24N2. The molecule has 2 rings (SSSR count). The van der Waals surface area contributed by atoms with Crippen molar-refractivity contribution >= 4 is 0 Å². The zero-order valence-corrected chi connectivity index (χ0v) is 11.1. The second-order valence-corrected chi connectivity index (χ2v) is 5.40. The third-order valence-electron chi connectivity index (χ3n) is 3.57. The van der Waals surface area contributed by atoms with Crippen molar-refractivity contribution in [2.75, 3.05) is 27.2 Å². The summed E-state index contributed by atoms with van der Waals surface area (Å²) in [6, 6.07) is 8.91. The Balaban J connectivity index is 2.03. The molecule has 0 aromatic heterocycles. The van der Waals surface area contributed by atoms with Gasteiger partial charge in [-0.25, -0.2) is 0 Å². The summed E-state index contributed by atoms with van der Waals surface area (Å²) < 4.78 is 0. The smallest absolute Gasteiger partial charge is 0.0230 e. The van der Waals surface area contributed by atoms with Gasteiger partial charge in [0.05, 0.1) is 0 Å². The number of piperidine rings is 1. The Labute approximate surface area is 105 Å². The van der Waals surface area contributed by atoms with Crippen LogP contribution in [-0.4, -0.2) is 32.1 Å². The first-order valence-corrected chi connectivity index (χ1v) is 6.68. The highest BCUT2D eigenvalue weighted by Crippen LogP contribution is 2.21. The maximum Gasteiger partial charge on any atom is 0.0230 e. The number of nitrogens with one attached hydrogen (secondary N) is 1. The molecule has 1 fully saturated rings. The van der Waals surface area contributed by atoms with Gasteiger partial charge in [0.2, 0.25) is 0 Å². The zero-order chi connectivity index (χ0) is 12.1. The van der Waals surface area contributed by atoms with E-state index in [-0.39, 0.29) is 0 Å². The topological polar surface area (TPSA) is 15.3 Å². The number of rotatable bonds is 4. The van der Waals surface area contributed by atoms with Crippen LogP contribution in [0.1, 0.15) is 24.0 Å². The van der Waals surface area contributed by atoms with Crippen molar-refractivity contribution in [3.63, 3.8) is 0 Å². The van der Waals surface area contributed by atoms with E-state index in [4.69, 9.17) is 0 Å². The monoisotopic (exact) mass is 232 g/mol. The van der Waals surface area contributed by atoms with Crippen LogP contribution in [0.2, 0.25) is 0 Å². The molecule has 1 aliphatic rings. The second kappa shape index (κ2) is 6.18. The largest absolute Gasteiger partial charge is 0.317 e. The standard InChI is InChI=1S/C15H24N2/c1-17(2)12-15-6-4-3-5-14(15)11-13-7-9-16-10-8-13/h3-6,13,16H,7-12H2,1-2H3. The Bertz CT molecular complexity index is 341. The molecule has 1 heterocycles. The summed E-state index contributed by atoms with van der Waals surface area (Å²) in [6.07, 6.45) is 3.91. The molecule has 1 N–H and O–H groups in total. The summed E-state index contributed by atoms with van der Waals surface area (Å²) in [5, 5.41) is 3.44. The minimum absolute atomic E-state index is 0.875. The molecule has 0 bridgehead atoms. The van der Waals surface area contributed by atoms with Crippen molar-refractivity contribution in [3.05, 3.63) is 35.4 Å². The molecule has 17 heavy (non-hydrogen) atoms. The number of hydrogen-bond acceptors (Lipinski definition) is 2. The highest BCUT2D eigenvalue weighted by atomic mass is 15.0. The molecule has 1 aromatic rings. The van der Waals surface area contributed by atoms with Crippen LogP contribution in [0.15, 0.2) is 24.3 Å². The van der Waals surface area contributed by atoms with Crippen LogP contribution >= 0.6 is 0 Å². The molecule has 1 saturated heterocycles. The van der Waals surface area contributed by atoms with E-state index >= 15 is 0 Å². The molecular weight excluding hydrogens is 208 g/mol. The van der Waals surface area contributed by atoms with E-state index in [1.54, 1.807) is 5.56 Å². The maximum absolute atomic E-state index is 3.44. The fourth-order valence-corrected chi connectivity index (χ4v) is 2.65. The van der Waals surface area contributed by atoms with Crippen molar-refractivity contribution in [3.8, 4) is 0 Å². The van der Waals surface area contributed by atoms with E-state index < -0.39 is 0 Å². The van der Waals surface area contributed by atoms with Crippen molar-refractivity contribution in [2.45, 2.75) is 25.8 Å². The second-order valence-electron chi connectivity index (χ2n) is 5.40. The van der Waals surface area contributed by atoms with Crippen molar-refractivity contribution in [2.24, 2.45) is 5.92 Å². The van der Waals surface area contributed by atoms with Crippen LogP contribution in [0.3, 0.4) is 0 Å². The minimum atomic E-state index is 0.875. The molecule has 0 unspecified atom stereocenters. The molecule has 94 valence electrons. The summed E-state index contributed by atoms with van der Waals surface area (Å²) in [4.78, 5) is 2.25. The van der Waals surface area contributed by atoms with Gasteiger partial charge in [-0.05, 0) is 63.5 Å².